The Labute approximate surface area is 152 Å². The predicted molar refractivity (Wildman–Crippen MR) is 92.1 cm³/mol. The van der Waals surface area contributed by atoms with Gasteiger partial charge in [-0.2, -0.15) is 0 Å². The van der Waals surface area contributed by atoms with E-state index in [0.717, 1.165) is 30.3 Å². The van der Waals surface area contributed by atoms with Gasteiger partial charge in [0.2, 0.25) is 9.84 Å². The number of hydrogen-bond acceptors (Lipinski definition) is 6. The number of halogens is 1. The molecule has 1 aromatic carbocycles. The minimum atomic E-state index is -4.02. The molecule has 2 amide bonds. The second-order valence-electron chi connectivity index (χ2n) is 5.97. The molecule has 26 heavy (non-hydrogen) atoms. The molecule has 1 aromatic heterocycles. The van der Waals surface area contributed by atoms with Gasteiger partial charge in [0.05, 0.1) is 10.5 Å². The van der Waals surface area contributed by atoms with Crippen LogP contribution in [0.3, 0.4) is 0 Å². The highest BCUT2D eigenvalue weighted by molar-refractivity contribution is 7.93. The Kier molecular flexibility index (Phi) is 4.59. The molecule has 4 N–H and O–H groups in total. The quantitative estimate of drug-likeness (QED) is 0.661. The first-order chi connectivity index (χ1) is 12.1. The van der Waals surface area contributed by atoms with Crippen molar-refractivity contribution in [2.45, 2.75) is 34.0 Å². The zero-order valence-corrected chi connectivity index (χ0v) is 15.0. The number of rotatable bonds is 5. The summed E-state index contributed by atoms with van der Waals surface area (Å²) in [6.07, 6.45) is 1.27. The van der Waals surface area contributed by atoms with Gasteiger partial charge in [0, 0.05) is 0 Å². The SMILES string of the molecule is NC(=O)c1cc(S(=O)(=O)c2ccc(F)cc2)sc1NC(=O)C1(O)CCC1. The van der Waals surface area contributed by atoms with E-state index in [1.807, 2.05) is 0 Å². The predicted octanol–water partition coefficient (Wildman–Crippen LogP) is 1.67. The largest absolute Gasteiger partial charge is 0.380 e. The molecule has 0 unspecified atom stereocenters. The monoisotopic (exact) mass is 398 g/mol. The van der Waals surface area contributed by atoms with E-state index in [-0.39, 0.29) is 32.5 Å². The number of amides is 2. The van der Waals surface area contributed by atoms with E-state index < -0.39 is 33.1 Å². The smallest absolute Gasteiger partial charge is 0.256 e. The molecule has 1 heterocycles. The standard InChI is InChI=1S/C16H15FN2O5S2/c17-9-2-4-10(5-3-9)26(23,24)12-8-11(13(18)20)14(25-12)19-15(21)16(22)6-1-7-16/h2-5,8,22H,1,6-7H2,(H2,18,20)(H,19,21). The third-order valence-corrected chi connectivity index (χ3v) is 7.49. The lowest BCUT2D eigenvalue weighted by Gasteiger charge is -2.34. The minimum Gasteiger partial charge on any atom is -0.380 e. The number of carbonyl (C=O) groups is 2. The highest BCUT2D eigenvalue weighted by Crippen LogP contribution is 2.37. The van der Waals surface area contributed by atoms with E-state index >= 15 is 0 Å². The molecule has 0 atom stereocenters. The molecule has 0 radical (unpaired) electrons. The molecule has 1 fully saturated rings. The second-order valence-corrected chi connectivity index (χ2v) is 9.20. The van der Waals surface area contributed by atoms with E-state index in [1.54, 1.807) is 0 Å². The van der Waals surface area contributed by atoms with Gasteiger partial charge in [-0.05, 0) is 49.6 Å². The first-order valence-corrected chi connectivity index (χ1v) is 9.91. The van der Waals surface area contributed by atoms with Gasteiger partial charge < -0.3 is 16.2 Å². The third kappa shape index (κ3) is 3.22. The number of carbonyl (C=O) groups excluding carboxylic acids is 2. The van der Waals surface area contributed by atoms with Crippen LogP contribution in [0.5, 0.6) is 0 Å². The Bertz CT molecular complexity index is 979. The average molecular weight is 398 g/mol. The zero-order chi connectivity index (χ0) is 19.1. The molecule has 0 aliphatic heterocycles. The van der Waals surface area contributed by atoms with Crippen molar-refractivity contribution >= 4 is 38.0 Å². The number of anilines is 1. The molecular formula is C16H15FN2O5S2. The van der Waals surface area contributed by atoms with Crippen LogP contribution in [0.2, 0.25) is 0 Å². The van der Waals surface area contributed by atoms with Gasteiger partial charge in [-0.25, -0.2) is 12.8 Å². The summed E-state index contributed by atoms with van der Waals surface area (Å²) in [6.45, 7) is 0. The number of aliphatic hydroxyl groups is 1. The molecule has 0 bridgehead atoms. The van der Waals surface area contributed by atoms with Crippen LogP contribution < -0.4 is 11.1 Å². The summed E-state index contributed by atoms with van der Waals surface area (Å²) < 4.78 is 38.1. The van der Waals surface area contributed by atoms with Gasteiger partial charge in [0.25, 0.3) is 11.8 Å². The molecule has 7 nitrogen and oxygen atoms in total. The van der Waals surface area contributed by atoms with Gasteiger partial charge in [-0.1, -0.05) is 0 Å². The Morgan fingerprint density at radius 3 is 2.35 bits per heavy atom. The minimum absolute atomic E-state index is 0.0523. The van der Waals surface area contributed by atoms with Crippen LogP contribution in [-0.4, -0.2) is 30.9 Å². The van der Waals surface area contributed by atoms with Crippen LogP contribution in [0, 0.1) is 5.82 Å². The van der Waals surface area contributed by atoms with Gasteiger partial charge >= 0.3 is 0 Å². The van der Waals surface area contributed by atoms with Crippen molar-refractivity contribution in [1.82, 2.24) is 0 Å². The van der Waals surface area contributed by atoms with Crippen molar-refractivity contribution in [2.75, 3.05) is 5.32 Å². The van der Waals surface area contributed by atoms with Crippen LogP contribution in [0.1, 0.15) is 29.6 Å². The van der Waals surface area contributed by atoms with E-state index in [9.17, 15) is 27.5 Å². The van der Waals surface area contributed by atoms with Crippen molar-refractivity contribution < 1.29 is 27.5 Å². The molecule has 138 valence electrons. The average Bonchev–Trinajstić information content (AvgIpc) is 2.97. The number of benzene rings is 1. The molecule has 0 spiro atoms. The van der Waals surface area contributed by atoms with Crippen molar-refractivity contribution in [3.63, 3.8) is 0 Å². The maximum atomic E-state index is 13.0. The molecule has 1 aliphatic carbocycles. The fourth-order valence-corrected chi connectivity index (χ4v) is 5.23. The van der Waals surface area contributed by atoms with Crippen LogP contribution in [0.25, 0.3) is 0 Å². The van der Waals surface area contributed by atoms with Crippen LogP contribution in [0.4, 0.5) is 9.39 Å². The van der Waals surface area contributed by atoms with Gasteiger partial charge in [-0.3, -0.25) is 9.59 Å². The molecule has 1 saturated carbocycles. The van der Waals surface area contributed by atoms with Crippen LogP contribution in [-0.2, 0) is 14.6 Å². The Balaban J connectivity index is 1.97. The summed E-state index contributed by atoms with van der Waals surface area (Å²) in [7, 11) is -4.02. The number of thiophene rings is 1. The fourth-order valence-electron chi connectivity index (χ4n) is 2.46. The normalized spacial score (nSPS) is 15.9. The summed E-state index contributed by atoms with van der Waals surface area (Å²) in [5, 5.41) is 12.4. The number of hydrogen-bond donors (Lipinski definition) is 3. The Morgan fingerprint density at radius 1 is 1.23 bits per heavy atom. The van der Waals surface area contributed by atoms with Crippen molar-refractivity contribution in [3.8, 4) is 0 Å². The van der Waals surface area contributed by atoms with Crippen molar-refractivity contribution in [3.05, 3.63) is 41.7 Å². The fraction of sp³-hybridized carbons (Fsp3) is 0.250. The van der Waals surface area contributed by atoms with Crippen LogP contribution >= 0.6 is 11.3 Å². The first kappa shape index (κ1) is 18.5. The summed E-state index contributed by atoms with van der Waals surface area (Å²) in [4.78, 5) is 23.6. The lowest BCUT2D eigenvalue weighted by Crippen LogP contribution is -2.48. The lowest BCUT2D eigenvalue weighted by molar-refractivity contribution is -0.142. The first-order valence-electron chi connectivity index (χ1n) is 7.62. The summed E-state index contributed by atoms with van der Waals surface area (Å²) in [5.74, 6) is -2.22. The molecule has 2 aromatic rings. The number of nitrogens with two attached hydrogens (primary N) is 1. The highest BCUT2D eigenvalue weighted by atomic mass is 32.2. The molecule has 1 aliphatic rings. The number of sulfone groups is 1. The molecular weight excluding hydrogens is 383 g/mol. The topological polar surface area (TPSA) is 127 Å². The third-order valence-electron chi connectivity index (χ3n) is 4.19. The Hall–Kier alpha value is -2.30. The molecule has 0 saturated heterocycles. The zero-order valence-electron chi connectivity index (χ0n) is 13.4. The number of nitrogens with one attached hydrogen (secondary N) is 1. The van der Waals surface area contributed by atoms with Crippen LogP contribution in [0.15, 0.2) is 39.4 Å². The van der Waals surface area contributed by atoms with E-state index in [2.05, 4.69) is 5.32 Å². The van der Waals surface area contributed by atoms with E-state index in [1.165, 1.54) is 0 Å². The summed E-state index contributed by atoms with van der Waals surface area (Å²) >= 11 is 0.647. The maximum Gasteiger partial charge on any atom is 0.256 e. The summed E-state index contributed by atoms with van der Waals surface area (Å²) in [6, 6.07) is 5.27. The van der Waals surface area contributed by atoms with E-state index in [0.29, 0.717) is 17.8 Å². The summed E-state index contributed by atoms with van der Waals surface area (Å²) in [5.41, 5.74) is 3.58. The Morgan fingerprint density at radius 2 is 1.85 bits per heavy atom. The van der Waals surface area contributed by atoms with E-state index in [4.69, 9.17) is 5.73 Å². The second kappa shape index (κ2) is 6.45. The number of primary amides is 1. The van der Waals surface area contributed by atoms with Gasteiger partial charge in [0.1, 0.15) is 20.6 Å². The van der Waals surface area contributed by atoms with Gasteiger partial charge in [0.15, 0.2) is 0 Å². The maximum absolute atomic E-state index is 13.0. The van der Waals surface area contributed by atoms with Gasteiger partial charge in [-0.15, -0.1) is 11.3 Å². The van der Waals surface area contributed by atoms with Crippen molar-refractivity contribution in [1.29, 1.82) is 0 Å². The molecule has 10 heteroatoms. The lowest BCUT2D eigenvalue weighted by atomic mass is 9.79. The molecule has 3 rings (SSSR count). The van der Waals surface area contributed by atoms with Crippen molar-refractivity contribution in [2.24, 2.45) is 5.73 Å². The highest BCUT2D eigenvalue weighted by Gasteiger charge is 2.42.